The molecule has 3 rings (SSSR count). The Morgan fingerprint density at radius 1 is 1.16 bits per heavy atom. The van der Waals surface area contributed by atoms with Crippen LogP contribution < -0.4 is 4.74 Å². The van der Waals surface area contributed by atoms with Gasteiger partial charge in [-0.1, -0.05) is 30.3 Å². The number of hydrogen-bond acceptors (Lipinski definition) is 6. The maximum atomic E-state index is 13.5. The highest BCUT2D eigenvalue weighted by atomic mass is 16.5. The van der Waals surface area contributed by atoms with E-state index in [4.69, 9.17) is 9.47 Å². The molecular weight excluding hydrogens is 410 g/mol. The number of carbonyl (C=O) groups is 3. The van der Waals surface area contributed by atoms with Gasteiger partial charge in [-0.25, -0.2) is 0 Å². The lowest BCUT2D eigenvalue weighted by Gasteiger charge is -2.29. The molecule has 8 nitrogen and oxygen atoms in total. The largest absolute Gasteiger partial charge is 0.492 e. The topological polar surface area (TPSA) is 89.0 Å². The Morgan fingerprint density at radius 2 is 1.94 bits per heavy atom. The van der Waals surface area contributed by atoms with E-state index >= 15 is 0 Å². The number of likely N-dealkylation sites (tertiary alicyclic amines) is 1. The number of pyridine rings is 1. The molecule has 0 radical (unpaired) electrons. The number of aromatic nitrogens is 1. The van der Waals surface area contributed by atoms with Gasteiger partial charge in [-0.15, -0.1) is 0 Å². The molecule has 1 aliphatic heterocycles. The third-order valence-corrected chi connectivity index (χ3v) is 5.67. The molecule has 32 heavy (non-hydrogen) atoms. The van der Waals surface area contributed by atoms with Crippen molar-refractivity contribution in [1.29, 1.82) is 0 Å². The molecule has 0 N–H and O–H groups in total. The molecule has 2 aromatic rings. The minimum Gasteiger partial charge on any atom is -0.492 e. The molecule has 1 atom stereocenters. The number of imide groups is 1. The summed E-state index contributed by atoms with van der Waals surface area (Å²) < 4.78 is 10.7. The Morgan fingerprint density at radius 3 is 2.62 bits per heavy atom. The SMILES string of the molecule is COCCN(C)C(=O)C[C@]1(c2ccccc2)CC(=O)N(CCCOc2cccnc2)C1=O. The highest BCUT2D eigenvalue weighted by Gasteiger charge is 2.53. The number of hydrogen-bond donors (Lipinski definition) is 0. The number of likely N-dealkylation sites (N-methyl/N-ethyl adjacent to an activating group) is 1. The van der Waals surface area contributed by atoms with Crippen molar-refractivity contribution in [2.45, 2.75) is 24.7 Å². The fourth-order valence-electron chi connectivity index (χ4n) is 3.84. The average Bonchev–Trinajstić information content (AvgIpc) is 3.06. The summed E-state index contributed by atoms with van der Waals surface area (Å²) in [5.41, 5.74) is -0.512. The van der Waals surface area contributed by atoms with Crippen LogP contribution in [0.1, 0.15) is 24.8 Å². The van der Waals surface area contributed by atoms with Crippen LogP contribution in [-0.2, 0) is 24.5 Å². The van der Waals surface area contributed by atoms with Gasteiger partial charge in [0.1, 0.15) is 5.75 Å². The van der Waals surface area contributed by atoms with Crippen LogP contribution in [0.15, 0.2) is 54.9 Å². The first-order valence-corrected chi connectivity index (χ1v) is 10.6. The van der Waals surface area contributed by atoms with E-state index in [1.54, 1.807) is 38.7 Å². The summed E-state index contributed by atoms with van der Waals surface area (Å²) in [6, 6.07) is 12.7. The third kappa shape index (κ3) is 5.31. The highest BCUT2D eigenvalue weighted by molar-refractivity contribution is 6.10. The van der Waals surface area contributed by atoms with Gasteiger partial charge < -0.3 is 14.4 Å². The molecule has 0 spiro atoms. The Bertz CT molecular complexity index is 922. The smallest absolute Gasteiger partial charge is 0.240 e. The van der Waals surface area contributed by atoms with Gasteiger partial charge in [0.15, 0.2) is 0 Å². The van der Waals surface area contributed by atoms with Gasteiger partial charge in [0.25, 0.3) is 0 Å². The van der Waals surface area contributed by atoms with Crippen molar-refractivity contribution in [2.24, 2.45) is 0 Å². The molecule has 170 valence electrons. The van der Waals surface area contributed by atoms with Gasteiger partial charge in [0, 0.05) is 46.3 Å². The summed E-state index contributed by atoms with van der Waals surface area (Å²) >= 11 is 0. The van der Waals surface area contributed by atoms with E-state index in [-0.39, 0.29) is 37.1 Å². The van der Waals surface area contributed by atoms with Gasteiger partial charge in [-0.2, -0.15) is 0 Å². The zero-order valence-electron chi connectivity index (χ0n) is 18.5. The van der Waals surface area contributed by atoms with Gasteiger partial charge in [-0.3, -0.25) is 24.3 Å². The summed E-state index contributed by atoms with van der Waals surface area (Å²) in [5, 5.41) is 0. The zero-order chi connectivity index (χ0) is 23.0. The standard InChI is InChI=1S/C24H29N3O5/c1-26(13-15-31-2)21(28)16-24(19-8-4-3-5-9-19)17-22(29)27(23(24)30)12-7-14-32-20-10-6-11-25-18-20/h3-6,8-11,18H,7,12-17H2,1-2H3/t24-/m1/s1. The molecule has 1 fully saturated rings. The Balaban J connectivity index is 1.72. The zero-order valence-corrected chi connectivity index (χ0v) is 18.5. The van der Waals surface area contributed by atoms with Crippen molar-refractivity contribution in [1.82, 2.24) is 14.8 Å². The van der Waals surface area contributed by atoms with E-state index in [2.05, 4.69) is 4.98 Å². The molecule has 8 heteroatoms. The third-order valence-electron chi connectivity index (χ3n) is 5.67. The highest BCUT2D eigenvalue weighted by Crippen LogP contribution is 2.40. The molecule has 1 aliphatic rings. The second-order valence-electron chi connectivity index (χ2n) is 7.85. The maximum Gasteiger partial charge on any atom is 0.240 e. The lowest BCUT2D eigenvalue weighted by Crippen LogP contribution is -2.43. The Hall–Kier alpha value is -3.26. The van der Waals surface area contributed by atoms with Crippen LogP contribution in [0, 0.1) is 0 Å². The minimum atomic E-state index is -1.19. The maximum absolute atomic E-state index is 13.5. The molecule has 2 heterocycles. The summed E-state index contributed by atoms with van der Waals surface area (Å²) in [4.78, 5) is 46.1. The summed E-state index contributed by atoms with van der Waals surface area (Å²) in [6.45, 7) is 1.40. The van der Waals surface area contributed by atoms with E-state index < -0.39 is 5.41 Å². The van der Waals surface area contributed by atoms with E-state index in [1.807, 2.05) is 30.3 Å². The van der Waals surface area contributed by atoms with E-state index in [9.17, 15) is 14.4 Å². The van der Waals surface area contributed by atoms with Crippen molar-refractivity contribution in [2.75, 3.05) is 40.5 Å². The number of nitrogens with zero attached hydrogens (tertiary/aromatic N) is 3. The minimum absolute atomic E-state index is 0.0246. The number of ether oxygens (including phenoxy) is 2. The Kier molecular flexibility index (Phi) is 7.94. The van der Waals surface area contributed by atoms with Crippen molar-refractivity contribution >= 4 is 17.7 Å². The van der Waals surface area contributed by atoms with E-state index in [0.29, 0.717) is 37.5 Å². The van der Waals surface area contributed by atoms with E-state index in [0.717, 1.165) is 0 Å². The van der Waals surface area contributed by atoms with Gasteiger partial charge in [0.05, 0.1) is 24.8 Å². The van der Waals surface area contributed by atoms with Gasteiger partial charge in [-0.05, 0) is 24.1 Å². The van der Waals surface area contributed by atoms with Crippen LogP contribution in [0.25, 0.3) is 0 Å². The summed E-state index contributed by atoms with van der Waals surface area (Å²) in [5.74, 6) is -0.167. The van der Waals surface area contributed by atoms with Crippen LogP contribution in [0.3, 0.4) is 0 Å². The summed E-state index contributed by atoms with van der Waals surface area (Å²) in [7, 11) is 3.24. The quantitative estimate of drug-likeness (QED) is 0.393. The second kappa shape index (κ2) is 10.9. The number of benzene rings is 1. The average molecular weight is 440 g/mol. The molecular formula is C24H29N3O5. The molecule has 1 saturated heterocycles. The Labute approximate surface area is 188 Å². The lowest BCUT2D eigenvalue weighted by atomic mass is 9.75. The van der Waals surface area contributed by atoms with E-state index in [1.165, 1.54) is 9.80 Å². The predicted octanol–water partition coefficient (Wildman–Crippen LogP) is 2.04. The van der Waals surface area contributed by atoms with Gasteiger partial charge >= 0.3 is 0 Å². The first kappa shape index (κ1) is 23.4. The van der Waals surface area contributed by atoms with Crippen molar-refractivity contribution in [3.8, 4) is 5.75 Å². The van der Waals surface area contributed by atoms with Crippen LogP contribution in [0.4, 0.5) is 0 Å². The van der Waals surface area contributed by atoms with Crippen LogP contribution in [0.5, 0.6) is 5.75 Å². The fourth-order valence-corrected chi connectivity index (χ4v) is 3.84. The molecule has 0 unspecified atom stereocenters. The van der Waals surface area contributed by atoms with Crippen molar-refractivity contribution in [3.63, 3.8) is 0 Å². The number of amides is 3. The monoisotopic (exact) mass is 439 g/mol. The van der Waals surface area contributed by atoms with Crippen LogP contribution in [-0.4, -0.2) is 73.0 Å². The molecule has 0 bridgehead atoms. The molecule has 1 aromatic carbocycles. The number of rotatable bonds is 11. The lowest BCUT2D eigenvalue weighted by molar-refractivity contribution is -0.142. The van der Waals surface area contributed by atoms with Crippen molar-refractivity contribution < 1.29 is 23.9 Å². The molecule has 0 aliphatic carbocycles. The van der Waals surface area contributed by atoms with Crippen LogP contribution in [0.2, 0.25) is 0 Å². The first-order chi connectivity index (χ1) is 15.5. The molecule has 3 amide bonds. The predicted molar refractivity (Wildman–Crippen MR) is 118 cm³/mol. The second-order valence-corrected chi connectivity index (χ2v) is 7.85. The molecule has 0 saturated carbocycles. The summed E-state index contributed by atoms with van der Waals surface area (Å²) in [6.07, 6.45) is 3.66. The normalized spacial score (nSPS) is 18.1. The van der Waals surface area contributed by atoms with Crippen LogP contribution >= 0.6 is 0 Å². The first-order valence-electron chi connectivity index (χ1n) is 10.6. The molecule has 1 aromatic heterocycles. The van der Waals surface area contributed by atoms with Gasteiger partial charge in [0.2, 0.25) is 17.7 Å². The fraction of sp³-hybridized carbons (Fsp3) is 0.417. The number of methoxy groups -OCH3 is 1. The van der Waals surface area contributed by atoms with Crippen molar-refractivity contribution in [3.05, 3.63) is 60.4 Å². The number of carbonyl (C=O) groups excluding carboxylic acids is 3.